The second kappa shape index (κ2) is 3.36. The maximum atomic E-state index is 13.2. The van der Waals surface area contributed by atoms with Crippen molar-refractivity contribution in [1.82, 2.24) is 0 Å². The van der Waals surface area contributed by atoms with Crippen molar-refractivity contribution in [3.63, 3.8) is 0 Å². The van der Waals surface area contributed by atoms with Crippen LogP contribution in [0, 0.1) is 12.1 Å². The summed E-state index contributed by atoms with van der Waals surface area (Å²) in [5.41, 5.74) is 7.27. The molecule has 0 bridgehead atoms. The van der Waals surface area contributed by atoms with Crippen molar-refractivity contribution in [2.45, 2.75) is 19.4 Å². The predicted molar refractivity (Wildman–Crippen MR) is 50.5 cm³/mol. The van der Waals surface area contributed by atoms with Crippen LogP contribution in [0.2, 0.25) is 0 Å². The smallest absolute Gasteiger partial charge is 0.179 e. The number of thiophene rings is 1. The molecule has 2 rings (SSSR count). The SMILES string of the molecule is Cc1c(F)sc2c1[C@@H](CN)OCC2. The number of hydrogen-bond acceptors (Lipinski definition) is 3. The van der Waals surface area contributed by atoms with Gasteiger partial charge in [0.1, 0.15) is 0 Å². The summed E-state index contributed by atoms with van der Waals surface area (Å²) >= 11 is 1.23. The number of nitrogens with two attached hydrogens (primary N) is 1. The van der Waals surface area contributed by atoms with Gasteiger partial charge >= 0.3 is 0 Å². The molecule has 0 amide bonds. The molecule has 1 aliphatic rings. The standard InChI is InChI=1S/C9H12FNOS/c1-5-8-6(4-11)12-3-2-7(8)13-9(5)10/h6H,2-4,11H2,1H3/t6-/m1/s1. The fourth-order valence-electron chi connectivity index (χ4n) is 1.72. The van der Waals surface area contributed by atoms with E-state index >= 15 is 0 Å². The van der Waals surface area contributed by atoms with E-state index in [-0.39, 0.29) is 11.2 Å². The summed E-state index contributed by atoms with van der Waals surface area (Å²) in [4.78, 5) is 1.11. The van der Waals surface area contributed by atoms with E-state index in [4.69, 9.17) is 10.5 Å². The van der Waals surface area contributed by atoms with Gasteiger partial charge in [-0.05, 0) is 6.92 Å². The van der Waals surface area contributed by atoms with Gasteiger partial charge in [-0.25, -0.2) is 0 Å². The Kier molecular flexibility index (Phi) is 2.36. The summed E-state index contributed by atoms with van der Waals surface area (Å²) < 4.78 is 18.7. The highest BCUT2D eigenvalue weighted by Crippen LogP contribution is 2.36. The van der Waals surface area contributed by atoms with Crippen LogP contribution in [-0.2, 0) is 11.2 Å². The normalized spacial score (nSPS) is 21.6. The summed E-state index contributed by atoms with van der Waals surface area (Å²) in [6.45, 7) is 2.89. The first kappa shape index (κ1) is 9.12. The Morgan fingerprint density at radius 3 is 3.15 bits per heavy atom. The lowest BCUT2D eigenvalue weighted by Gasteiger charge is -2.22. The molecule has 0 saturated heterocycles. The number of hydrogen-bond donors (Lipinski definition) is 1. The summed E-state index contributed by atoms with van der Waals surface area (Å²) in [5, 5.41) is -0.0889. The van der Waals surface area contributed by atoms with Gasteiger partial charge in [0.15, 0.2) is 5.13 Å². The quantitative estimate of drug-likeness (QED) is 0.751. The van der Waals surface area contributed by atoms with Crippen LogP contribution in [0.15, 0.2) is 0 Å². The van der Waals surface area contributed by atoms with E-state index in [9.17, 15) is 4.39 Å². The Hall–Kier alpha value is -0.450. The zero-order chi connectivity index (χ0) is 9.42. The van der Waals surface area contributed by atoms with Crippen LogP contribution in [0.5, 0.6) is 0 Å². The molecule has 1 atom stereocenters. The average Bonchev–Trinajstić information content (AvgIpc) is 2.43. The monoisotopic (exact) mass is 201 g/mol. The summed E-state index contributed by atoms with van der Waals surface area (Å²) in [6, 6.07) is 0. The first-order chi connectivity index (χ1) is 6.24. The summed E-state index contributed by atoms with van der Waals surface area (Å²) in [7, 11) is 0. The molecule has 1 aliphatic heterocycles. The molecule has 0 aliphatic carbocycles. The van der Waals surface area contributed by atoms with Gasteiger partial charge in [-0.3, -0.25) is 0 Å². The lowest BCUT2D eigenvalue weighted by Crippen LogP contribution is -2.22. The first-order valence-electron chi connectivity index (χ1n) is 4.33. The zero-order valence-corrected chi connectivity index (χ0v) is 8.29. The predicted octanol–water partition coefficient (Wildman–Crippen LogP) is 1.77. The molecule has 2 N–H and O–H groups in total. The van der Waals surface area contributed by atoms with Gasteiger partial charge in [-0.2, -0.15) is 4.39 Å². The highest BCUT2D eigenvalue weighted by atomic mass is 32.1. The van der Waals surface area contributed by atoms with Gasteiger partial charge in [-0.1, -0.05) is 0 Å². The number of rotatable bonds is 1. The van der Waals surface area contributed by atoms with Crippen LogP contribution in [0.3, 0.4) is 0 Å². The van der Waals surface area contributed by atoms with Crippen LogP contribution in [0.1, 0.15) is 22.1 Å². The minimum absolute atomic E-state index is 0.0889. The molecular weight excluding hydrogens is 189 g/mol. The van der Waals surface area contributed by atoms with Gasteiger partial charge in [0.2, 0.25) is 0 Å². The maximum absolute atomic E-state index is 13.2. The summed E-state index contributed by atoms with van der Waals surface area (Å²) in [6.07, 6.45) is 0.728. The topological polar surface area (TPSA) is 35.2 Å². The van der Waals surface area contributed by atoms with E-state index in [0.717, 1.165) is 22.4 Å². The van der Waals surface area contributed by atoms with Gasteiger partial charge in [-0.15, -0.1) is 11.3 Å². The molecule has 0 aromatic carbocycles. The van der Waals surface area contributed by atoms with E-state index < -0.39 is 0 Å². The number of halogens is 1. The largest absolute Gasteiger partial charge is 0.372 e. The molecule has 0 unspecified atom stereocenters. The van der Waals surface area contributed by atoms with E-state index in [1.165, 1.54) is 11.3 Å². The van der Waals surface area contributed by atoms with Gasteiger partial charge < -0.3 is 10.5 Å². The Morgan fingerprint density at radius 2 is 2.46 bits per heavy atom. The maximum Gasteiger partial charge on any atom is 0.179 e. The molecule has 0 saturated carbocycles. The van der Waals surface area contributed by atoms with Crippen molar-refractivity contribution < 1.29 is 9.13 Å². The van der Waals surface area contributed by atoms with Gasteiger partial charge in [0, 0.05) is 29.0 Å². The first-order valence-corrected chi connectivity index (χ1v) is 5.15. The Bertz CT molecular complexity index is 324. The fraction of sp³-hybridized carbons (Fsp3) is 0.556. The van der Waals surface area contributed by atoms with Crippen molar-refractivity contribution >= 4 is 11.3 Å². The second-order valence-electron chi connectivity index (χ2n) is 3.18. The molecule has 0 spiro atoms. The van der Waals surface area contributed by atoms with Crippen LogP contribution in [0.4, 0.5) is 4.39 Å². The Labute approximate surface area is 80.5 Å². The van der Waals surface area contributed by atoms with Gasteiger partial charge in [0.25, 0.3) is 0 Å². The van der Waals surface area contributed by atoms with Crippen LogP contribution >= 0.6 is 11.3 Å². The van der Waals surface area contributed by atoms with E-state index in [2.05, 4.69) is 0 Å². The van der Waals surface area contributed by atoms with Crippen molar-refractivity contribution in [1.29, 1.82) is 0 Å². The third kappa shape index (κ3) is 1.39. The molecule has 4 heteroatoms. The lowest BCUT2D eigenvalue weighted by molar-refractivity contribution is 0.0492. The minimum Gasteiger partial charge on any atom is -0.372 e. The summed E-state index contributed by atoms with van der Waals surface area (Å²) in [5.74, 6) is 0. The van der Waals surface area contributed by atoms with Crippen LogP contribution < -0.4 is 5.73 Å². The molecule has 0 radical (unpaired) electrons. The zero-order valence-electron chi connectivity index (χ0n) is 7.47. The van der Waals surface area contributed by atoms with Crippen molar-refractivity contribution in [2.24, 2.45) is 5.73 Å². The minimum atomic E-state index is -0.0931. The molecule has 1 aromatic rings. The molecule has 1 aromatic heterocycles. The average molecular weight is 201 g/mol. The lowest BCUT2D eigenvalue weighted by atomic mass is 10.0. The number of ether oxygens (including phenoxy) is 1. The second-order valence-corrected chi connectivity index (χ2v) is 4.24. The molecule has 13 heavy (non-hydrogen) atoms. The van der Waals surface area contributed by atoms with E-state index in [1.54, 1.807) is 6.92 Å². The molecule has 2 nitrogen and oxygen atoms in total. The van der Waals surface area contributed by atoms with Gasteiger partial charge in [0.05, 0.1) is 12.7 Å². The number of fused-ring (bicyclic) bond motifs is 1. The van der Waals surface area contributed by atoms with Crippen molar-refractivity contribution in [3.8, 4) is 0 Å². The highest BCUT2D eigenvalue weighted by molar-refractivity contribution is 7.10. The third-order valence-electron chi connectivity index (χ3n) is 2.40. The van der Waals surface area contributed by atoms with Crippen LogP contribution in [0.25, 0.3) is 0 Å². The fourth-order valence-corrected chi connectivity index (χ4v) is 2.78. The third-order valence-corrected chi connectivity index (χ3v) is 3.55. The molecule has 0 fully saturated rings. The molecular formula is C9H12FNOS. The van der Waals surface area contributed by atoms with Crippen molar-refractivity contribution in [2.75, 3.05) is 13.2 Å². The Balaban J connectivity index is 2.47. The van der Waals surface area contributed by atoms with E-state index in [1.807, 2.05) is 0 Å². The van der Waals surface area contributed by atoms with E-state index in [0.29, 0.717) is 13.2 Å². The molecule has 72 valence electrons. The highest BCUT2D eigenvalue weighted by Gasteiger charge is 2.25. The van der Waals surface area contributed by atoms with Crippen molar-refractivity contribution in [3.05, 3.63) is 21.1 Å². The molecule has 2 heterocycles. The Morgan fingerprint density at radius 1 is 1.69 bits per heavy atom. The van der Waals surface area contributed by atoms with Crippen LogP contribution in [-0.4, -0.2) is 13.2 Å².